The predicted octanol–water partition coefficient (Wildman–Crippen LogP) is 1.93. The lowest BCUT2D eigenvalue weighted by Gasteiger charge is -2.39. The quantitative estimate of drug-likeness (QED) is 0.797. The van der Waals surface area contributed by atoms with Gasteiger partial charge >= 0.3 is 6.18 Å². The number of pyridine rings is 1. The van der Waals surface area contributed by atoms with Crippen LogP contribution >= 0.6 is 0 Å². The van der Waals surface area contributed by atoms with E-state index in [1.54, 1.807) is 6.20 Å². The van der Waals surface area contributed by atoms with E-state index in [-0.39, 0.29) is 12.5 Å². The van der Waals surface area contributed by atoms with Crippen LogP contribution in [0.25, 0.3) is 0 Å². The standard InChI is InChI=1S/C15H14F4N4O/c16-12-3-10(4-20-5-12)6-22-7-11(8-22)9-23-14(24)2-1-13(21-23)15(17,18)19/h1-5,11H,6-9H2. The maximum Gasteiger partial charge on any atom is 0.435 e. The molecule has 0 radical (unpaired) electrons. The second kappa shape index (κ2) is 6.31. The Morgan fingerprint density at radius 1 is 1.21 bits per heavy atom. The van der Waals surface area contributed by atoms with Crippen LogP contribution in [0.5, 0.6) is 0 Å². The van der Waals surface area contributed by atoms with E-state index >= 15 is 0 Å². The molecule has 9 heteroatoms. The Bertz CT molecular complexity index is 784. The van der Waals surface area contributed by atoms with Gasteiger partial charge in [-0.15, -0.1) is 0 Å². The third-order valence-corrected chi connectivity index (χ3v) is 3.79. The third kappa shape index (κ3) is 3.78. The lowest BCUT2D eigenvalue weighted by atomic mass is 9.99. The lowest BCUT2D eigenvalue weighted by molar-refractivity contribution is -0.142. The van der Waals surface area contributed by atoms with E-state index in [0.29, 0.717) is 25.7 Å². The fraction of sp³-hybridized carbons (Fsp3) is 0.400. The predicted molar refractivity (Wildman–Crippen MR) is 76.5 cm³/mol. The molecule has 3 rings (SSSR count). The molecule has 1 aliphatic rings. The largest absolute Gasteiger partial charge is 0.435 e. The number of hydrogen-bond acceptors (Lipinski definition) is 4. The van der Waals surface area contributed by atoms with Crippen LogP contribution in [0.2, 0.25) is 0 Å². The van der Waals surface area contributed by atoms with Crippen LogP contribution in [-0.2, 0) is 19.3 Å². The highest BCUT2D eigenvalue weighted by Gasteiger charge is 2.34. The maximum atomic E-state index is 13.1. The zero-order chi connectivity index (χ0) is 17.3. The summed E-state index contributed by atoms with van der Waals surface area (Å²) in [5.41, 5.74) is -0.914. The summed E-state index contributed by atoms with van der Waals surface area (Å²) in [5.74, 6) is -0.385. The van der Waals surface area contributed by atoms with Crippen molar-refractivity contribution in [2.75, 3.05) is 13.1 Å². The number of alkyl halides is 3. The molecular weight excluding hydrogens is 328 g/mol. The number of halogens is 4. The minimum Gasteiger partial charge on any atom is -0.298 e. The Morgan fingerprint density at radius 2 is 1.96 bits per heavy atom. The van der Waals surface area contributed by atoms with Gasteiger partial charge in [-0.25, -0.2) is 9.07 Å². The Hall–Kier alpha value is -2.29. The van der Waals surface area contributed by atoms with E-state index in [2.05, 4.69) is 10.1 Å². The number of rotatable bonds is 4. The Morgan fingerprint density at radius 3 is 2.62 bits per heavy atom. The van der Waals surface area contributed by atoms with Gasteiger partial charge in [0.25, 0.3) is 5.56 Å². The smallest absolute Gasteiger partial charge is 0.298 e. The van der Waals surface area contributed by atoms with Crippen molar-refractivity contribution in [2.45, 2.75) is 19.3 Å². The number of likely N-dealkylation sites (tertiary alicyclic amines) is 1. The monoisotopic (exact) mass is 342 g/mol. The third-order valence-electron chi connectivity index (χ3n) is 3.79. The van der Waals surface area contributed by atoms with Crippen LogP contribution < -0.4 is 5.56 Å². The zero-order valence-corrected chi connectivity index (χ0v) is 12.5. The molecule has 5 nitrogen and oxygen atoms in total. The molecule has 2 aromatic heterocycles. The molecule has 0 N–H and O–H groups in total. The van der Waals surface area contributed by atoms with Crippen molar-refractivity contribution in [3.05, 3.63) is 58.0 Å². The molecule has 0 aliphatic carbocycles. The van der Waals surface area contributed by atoms with Crippen LogP contribution in [0.1, 0.15) is 11.3 Å². The van der Waals surface area contributed by atoms with Crippen LogP contribution in [0.4, 0.5) is 17.6 Å². The van der Waals surface area contributed by atoms with Crippen LogP contribution in [0.15, 0.2) is 35.4 Å². The van der Waals surface area contributed by atoms with Gasteiger partial charge in [0, 0.05) is 37.8 Å². The average molecular weight is 342 g/mol. The van der Waals surface area contributed by atoms with Gasteiger partial charge in [-0.1, -0.05) is 0 Å². The van der Waals surface area contributed by atoms with Crippen LogP contribution in [0, 0.1) is 11.7 Å². The highest BCUT2D eigenvalue weighted by molar-refractivity contribution is 5.10. The van der Waals surface area contributed by atoms with Crippen molar-refractivity contribution >= 4 is 0 Å². The summed E-state index contributed by atoms with van der Waals surface area (Å²) in [6, 6.07) is 2.95. The van der Waals surface area contributed by atoms with Crippen molar-refractivity contribution in [2.24, 2.45) is 5.92 Å². The normalized spacial score (nSPS) is 16.2. The summed E-state index contributed by atoms with van der Waals surface area (Å²) in [4.78, 5) is 17.4. The first-order chi connectivity index (χ1) is 11.3. The summed E-state index contributed by atoms with van der Waals surface area (Å²) < 4.78 is 51.9. The van der Waals surface area contributed by atoms with Crippen molar-refractivity contribution < 1.29 is 17.6 Å². The van der Waals surface area contributed by atoms with Crippen molar-refractivity contribution in [3.63, 3.8) is 0 Å². The summed E-state index contributed by atoms with van der Waals surface area (Å²) in [5, 5.41) is 3.39. The summed E-state index contributed by atoms with van der Waals surface area (Å²) >= 11 is 0. The molecule has 0 aromatic carbocycles. The van der Waals surface area contributed by atoms with E-state index in [1.807, 2.05) is 4.90 Å². The Kier molecular flexibility index (Phi) is 4.35. The lowest BCUT2D eigenvalue weighted by Crippen LogP contribution is -2.49. The average Bonchev–Trinajstić information content (AvgIpc) is 2.46. The van der Waals surface area contributed by atoms with E-state index < -0.39 is 23.2 Å². The van der Waals surface area contributed by atoms with E-state index in [4.69, 9.17) is 0 Å². The molecule has 0 bridgehead atoms. The van der Waals surface area contributed by atoms with Gasteiger partial charge in [-0.2, -0.15) is 18.3 Å². The summed E-state index contributed by atoms with van der Waals surface area (Å²) in [6.45, 7) is 1.83. The number of hydrogen-bond donors (Lipinski definition) is 0. The second-order valence-electron chi connectivity index (χ2n) is 5.81. The van der Waals surface area contributed by atoms with Crippen molar-refractivity contribution in [1.29, 1.82) is 0 Å². The first-order valence-corrected chi connectivity index (χ1v) is 7.28. The van der Waals surface area contributed by atoms with Gasteiger partial charge in [0.2, 0.25) is 0 Å². The van der Waals surface area contributed by atoms with Gasteiger partial charge < -0.3 is 0 Å². The number of aromatic nitrogens is 3. The molecule has 0 unspecified atom stereocenters. The van der Waals surface area contributed by atoms with E-state index in [9.17, 15) is 22.4 Å². The van der Waals surface area contributed by atoms with Gasteiger partial charge in [-0.3, -0.25) is 14.7 Å². The number of nitrogens with zero attached hydrogens (tertiary/aromatic N) is 4. The molecular formula is C15H14F4N4O. The fourth-order valence-corrected chi connectivity index (χ4v) is 2.70. The molecule has 24 heavy (non-hydrogen) atoms. The van der Waals surface area contributed by atoms with E-state index in [0.717, 1.165) is 22.5 Å². The van der Waals surface area contributed by atoms with Crippen LogP contribution in [-0.4, -0.2) is 32.8 Å². The molecule has 3 heterocycles. The minimum atomic E-state index is -4.58. The van der Waals surface area contributed by atoms with E-state index in [1.165, 1.54) is 6.07 Å². The molecule has 1 fully saturated rings. The molecule has 0 amide bonds. The van der Waals surface area contributed by atoms with Gasteiger partial charge in [0.1, 0.15) is 5.82 Å². The topological polar surface area (TPSA) is 51.0 Å². The van der Waals surface area contributed by atoms with Gasteiger partial charge in [0.15, 0.2) is 5.69 Å². The SMILES string of the molecule is O=c1ccc(C(F)(F)F)nn1CC1CN(Cc2cncc(F)c2)C1. The second-order valence-corrected chi connectivity index (χ2v) is 5.81. The van der Waals surface area contributed by atoms with Crippen molar-refractivity contribution in [1.82, 2.24) is 19.7 Å². The summed E-state index contributed by atoms with van der Waals surface area (Å²) in [6.07, 6.45) is -1.89. The van der Waals surface area contributed by atoms with Crippen molar-refractivity contribution in [3.8, 4) is 0 Å². The van der Waals surface area contributed by atoms with Crippen LogP contribution in [0.3, 0.4) is 0 Å². The summed E-state index contributed by atoms with van der Waals surface area (Å²) in [7, 11) is 0. The molecule has 2 aromatic rings. The van der Waals surface area contributed by atoms with Gasteiger partial charge in [-0.05, 0) is 17.7 Å². The first-order valence-electron chi connectivity index (χ1n) is 7.28. The molecule has 128 valence electrons. The highest BCUT2D eigenvalue weighted by atomic mass is 19.4. The maximum absolute atomic E-state index is 13.1. The minimum absolute atomic E-state index is 0.0280. The Balaban J connectivity index is 1.59. The highest BCUT2D eigenvalue weighted by Crippen LogP contribution is 2.26. The molecule has 0 atom stereocenters. The molecule has 0 saturated carbocycles. The molecule has 1 saturated heterocycles. The molecule has 0 spiro atoms. The first kappa shape index (κ1) is 16.6. The fourth-order valence-electron chi connectivity index (χ4n) is 2.70. The van der Waals surface area contributed by atoms with Gasteiger partial charge in [0.05, 0.1) is 12.7 Å². The zero-order valence-electron chi connectivity index (χ0n) is 12.5. The Labute approximate surface area is 134 Å². The molecule has 1 aliphatic heterocycles.